The summed E-state index contributed by atoms with van der Waals surface area (Å²) in [6.07, 6.45) is 4.81. The summed E-state index contributed by atoms with van der Waals surface area (Å²) >= 11 is 0. The van der Waals surface area contributed by atoms with Gasteiger partial charge in [0.25, 0.3) is 0 Å². The van der Waals surface area contributed by atoms with E-state index in [1.165, 1.54) is 19.3 Å². The molecule has 1 heterocycles. The van der Waals surface area contributed by atoms with Crippen LogP contribution in [0.15, 0.2) is 18.2 Å². The average molecular weight is 314 g/mol. The van der Waals surface area contributed by atoms with E-state index in [9.17, 15) is 4.79 Å². The first-order valence-corrected chi connectivity index (χ1v) is 7.29. The molecule has 2 rings (SSSR count). The molecule has 5 heteroatoms. The van der Waals surface area contributed by atoms with Crippen LogP contribution in [-0.4, -0.2) is 30.8 Å². The Morgan fingerprint density at radius 1 is 1.43 bits per heavy atom. The fraction of sp³-hybridized carbons (Fsp3) is 0.562. The number of anilines is 1. The minimum absolute atomic E-state index is 0. The molecule has 1 unspecified atom stereocenters. The van der Waals surface area contributed by atoms with Gasteiger partial charge in [0.15, 0.2) is 0 Å². The maximum Gasteiger partial charge on any atom is 0.335 e. The Bertz CT molecular complexity index is 479. The van der Waals surface area contributed by atoms with Crippen LogP contribution in [0.5, 0.6) is 0 Å². The van der Waals surface area contributed by atoms with E-state index < -0.39 is 5.97 Å². The summed E-state index contributed by atoms with van der Waals surface area (Å²) in [5, 5.41) is 9.12. The third kappa shape index (κ3) is 4.11. The van der Waals surface area contributed by atoms with Crippen LogP contribution in [0, 0.1) is 0 Å². The minimum atomic E-state index is -0.889. The molecular weight excluding hydrogens is 290 g/mol. The average Bonchev–Trinajstić information content (AvgIpc) is 2.47. The van der Waals surface area contributed by atoms with Crippen molar-refractivity contribution in [2.75, 3.05) is 18.6 Å². The number of rotatable bonds is 5. The van der Waals surface area contributed by atoms with E-state index in [0.29, 0.717) is 18.2 Å². The lowest BCUT2D eigenvalue weighted by Crippen LogP contribution is -2.39. The summed E-state index contributed by atoms with van der Waals surface area (Å²) in [6.45, 7) is 3.70. The van der Waals surface area contributed by atoms with Crippen LogP contribution in [-0.2, 0) is 11.3 Å². The summed E-state index contributed by atoms with van der Waals surface area (Å²) < 4.78 is 5.24. The van der Waals surface area contributed by atoms with Crippen LogP contribution < -0.4 is 4.90 Å². The highest BCUT2D eigenvalue weighted by Crippen LogP contribution is 2.30. The van der Waals surface area contributed by atoms with E-state index in [1.807, 2.05) is 6.07 Å². The highest BCUT2D eigenvalue weighted by atomic mass is 35.5. The largest absolute Gasteiger partial charge is 0.478 e. The second kappa shape index (κ2) is 8.25. The van der Waals surface area contributed by atoms with E-state index >= 15 is 0 Å². The Morgan fingerprint density at radius 2 is 2.19 bits per heavy atom. The van der Waals surface area contributed by atoms with E-state index in [2.05, 4.69) is 11.8 Å². The molecule has 4 nitrogen and oxygen atoms in total. The van der Waals surface area contributed by atoms with Crippen molar-refractivity contribution >= 4 is 24.1 Å². The molecule has 1 N–H and O–H groups in total. The molecule has 118 valence electrons. The number of hydrogen-bond donors (Lipinski definition) is 1. The first-order chi connectivity index (χ1) is 9.67. The van der Waals surface area contributed by atoms with Gasteiger partial charge in [-0.05, 0) is 43.9 Å². The highest BCUT2D eigenvalue weighted by molar-refractivity contribution is 5.88. The van der Waals surface area contributed by atoms with E-state index in [4.69, 9.17) is 9.84 Å². The van der Waals surface area contributed by atoms with Gasteiger partial charge in [0.2, 0.25) is 0 Å². The van der Waals surface area contributed by atoms with Crippen molar-refractivity contribution in [1.29, 1.82) is 0 Å². The van der Waals surface area contributed by atoms with Crippen molar-refractivity contribution in [3.8, 4) is 0 Å². The number of halogens is 1. The zero-order chi connectivity index (χ0) is 14.5. The van der Waals surface area contributed by atoms with Gasteiger partial charge in [-0.25, -0.2) is 4.79 Å². The molecule has 21 heavy (non-hydrogen) atoms. The van der Waals surface area contributed by atoms with Crippen molar-refractivity contribution in [1.82, 2.24) is 0 Å². The van der Waals surface area contributed by atoms with Crippen molar-refractivity contribution < 1.29 is 14.6 Å². The molecule has 0 radical (unpaired) electrons. The number of carbonyl (C=O) groups is 1. The van der Waals surface area contributed by atoms with Gasteiger partial charge in [0.1, 0.15) is 0 Å². The fourth-order valence-electron chi connectivity index (χ4n) is 3.01. The molecule has 0 amide bonds. The van der Waals surface area contributed by atoms with Gasteiger partial charge < -0.3 is 14.7 Å². The maximum atomic E-state index is 11.1. The maximum absolute atomic E-state index is 11.1. The third-order valence-electron chi connectivity index (χ3n) is 4.03. The van der Waals surface area contributed by atoms with E-state index in [-0.39, 0.29) is 12.4 Å². The monoisotopic (exact) mass is 313 g/mol. The van der Waals surface area contributed by atoms with Crippen LogP contribution in [0.1, 0.15) is 48.5 Å². The molecule has 0 aromatic heterocycles. The number of methoxy groups -OCH3 is 1. The molecule has 0 spiro atoms. The Hall–Kier alpha value is -1.26. The minimum Gasteiger partial charge on any atom is -0.478 e. The van der Waals surface area contributed by atoms with Gasteiger partial charge >= 0.3 is 5.97 Å². The Morgan fingerprint density at radius 3 is 2.81 bits per heavy atom. The molecule has 1 saturated heterocycles. The summed E-state index contributed by atoms with van der Waals surface area (Å²) in [5.74, 6) is -0.889. The second-order valence-corrected chi connectivity index (χ2v) is 5.33. The molecule has 1 atom stereocenters. The number of aromatic carboxylic acids is 1. The predicted octanol–water partition coefficient (Wildman–Crippen LogP) is 3.72. The first kappa shape index (κ1) is 17.8. The summed E-state index contributed by atoms with van der Waals surface area (Å²) in [5.41, 5.74) is 2.42. The van der Waals surface area contributed by atoms with Crippen molar-refractivity contribution in [3.05, 3.63) is 29.3 Å². The van der Waals surface area contributed by atoms with E-state index in [0.717, 1.165) is 24.2 Å². The summed E-state index contributed by atoms with van der Waals surface area (Å²) in [4.78, 5) is 13.5. The van der Waals surface area contributed by atoms with Crippen LogP contribution in [0.3, 0.4) is 0 Å². The number of benzene rings is 1. The Balaban J connectivity index is 0.00000220. The molecular formula is C16H24ClNO3. The topological polar surface area (TPSA) is 49.8 Å². The molecule has 1 aromatic carbocycles. The third-order valence-corrected chi connectivity index (χ3v) is 4.03. The lowest BCUT2D eigenvalue weighted by molar-refractivity contribution is 0.0696. The van der Waals surface area contributed by atoms with Gasteiger partial charge in [-0.3, -0.25) is 0 Å². The van der Waals surface area contributed by atoms with Crippen LogP contribution in [0.4, 0.5) is 5.69 Å². The molecule has 1 fully saturated rings. The first-order valence-electron chi connectivity index (χ1n) is 7.29. The molecule has 0 aliphatic carbocycles. The number of carboxylic acid groups (broad SMARTS) is 1. The second-order valence-electron chi connectivity index (χ2n) is 5.33. The number of carboxylic acids is 1. The van der Waals surface area contributed by atoms with Crippen LogP contribution in [0.25, 0.3) is 0 Å². The highest BCUT2D eigenvalue weighted by Gasteiger charge is 2.23. The quantitative estimate of drug-likeness (QED) is 0.900. The molecule has 0 bridgehead atoms. The fourth-order valence-corrected chi connectivity index (χ4v) is 3.01. The lowest BCUT2D eigenvalue weighted by Gasteiger charge is -2.38. The summed E-state index contributed by atoms with van der Waals surface area (Å²) in [7, 11) is 1.64. The number of ether oxygens (including phenoxy) is 1. The Labute approximate surface area is 132 Å². The zero-order valence-electron chi connectivity index (χ0n) is 12.7. The van der Waals surface area contributed by atoms with Gasteiger partial charge in [-0.1, -0.05) is 6.92 Å². The van der Waals surface area contributed by atoms with Gasteiger partial charge in [-0.2, -0.15) is 0 Å². The van der Waals surface area contributed by atoms with Gasteiger partial charge in [0, 0.05) is 30.9 Å². The van der Waals surface area contributed by atoms with Crippen LogP contribution >= 0.6 is 12.4 Å². The predicted molar refractivity (Wildman–Crippen MR) is 86.6 cm³/mol. The van der Waals surface area contributed by atoms with Crippen LogP contribution in [0.2, 0.25) is 0 Å². The number of piperidine rings is 1. The SMILES string of the molecule is CCC1CCCCN1c1ccc(C(=O)O)cc1COC.Cl. The zero-order valence-corrected chi connectivity index (χ0v) is 13.5. The molecule has 1 aliphatic rings. The molecule has 0 saturated carbocycles. The number of hydrogen-bond acceptors (Lipinski definition) is 3. The Kier molecular flexibility index (Phi) is 6.99. The van der Waals surface area contributed by atoms with Crippen molar-refractivity contribution in [3.63, 3.8) is 0 Å². The standard InChI is InChI=1S/C16H23NO3.ClH/c1-3-14-6-4-5-9-17(14)15-8-7-12(16(18)19)10-13(15)11-20-2;/h7-8,10,14H,3-6,9,11H2,1-2H3,(H,18,19);1H. The normalized spacial score (nSPS) is 18.2. The lowest BCUT2D eigenvalue weighted by atomic mass is 9.97. The smallest absolute Gasteiger partial charge is 0.335 e. The van der Waals surface area contributed by atoms with Crippen molar-refractivity contribution in [2.24, 2.45) is 0 Å². The van der Waals surface area contributed by atoms with Crippen molar-refractivity contribution in [2.45, 2.75) is 45.3 Å². The van der Waals surface area contributed by atoms with E-state index in [1.54, 1.807) is 19.2 Å². The van der Waals surface area contributed by atoms with Gasteiger partial charge in [0.05, 0.1) is 12.2 Å². The molecule has 1 aliphatic heterocycles. The summed E-state index contributed by atoms with van der Waals surface area (Å²) in [6, 6.07) is 5.92. The van der Waals surface area contributed by atoms with Gasteiger partial charge in [-0.15, -0.1) is 12.4 Å². The molecule has 1 aromatic rings. The number of nitrogens with zero attached hydrogens (tertiary/aromatic N) is 1.